The highest BCUT2D eigenvalue weighted by Crippen LogP contribution is 2.40. The van der Waals surface area contributed by atoms with E-state index in [2.05, 4.69) is 0 Å². The Hall–Kier alpha value is -0.200. The molecule has 1 aliphatic heterocycles. The molecular formula is C10H20O5. The SMILES string of the molecule is CC(C)(C)[C@]1(CO)OC[C@@H](O)C(O)[C@H]1O. The minimum Gasteiger partial charge on any atom is -0.393 e. The third kappa shape index (κ3) is 1.90. The molecule has 4 atom stereocenters. The van der Waals surface area contributed by atoms with E-state index in [0.717, 1.165) is 0 Å². The van der Waals surface area contributed by atoms with E-state index < -0.39 is 35.9 Å². The van der Waals surface area contributed by atoms with E-state index in [9.17, 15) is 20.4 Å². The minimum absolute atomic E-state index is 0.0872. The molecule has 0 aromatic heterocycles. The number of hydrogen-bond donors (Lipinski definition) is 4. The molecule has 0 radical (unpaired) electrons. The molecule has 0 bridgehead atoms. The third-order valence-corrected chi connectivity index (χ3v) is 3.21. The predicted octanol–water partition coefficient (Wildman–Crippen LogP) is -1.12. The Kier molecular flexibility index (Phi) is 3.42. The Labute approximate surface area is 89.3 Å². The summed E-state index contributed by atoms with van der Waals surface area (Å²) in [5.41, 5.74) is -1.77. The molecule has 0 amide bonds. The number of aliphatic hydroxyl groups excluding tert-OH is 4. The van der Waals surface area contributed by atoms with Gasteiger partial charge in [-0.15, -0.1) is 0 Å². The maximum absolute atomic E-state index is 9.90. The van der Waals surface area contributed by atoms with Gasteiger partial charge < -0.3 is 25.2 Å². The van der Waals surface area contributed by atoms with Gasteiger partial charge in [0, 0.05) is 0 Å². The molecule has 5 heteroatoms. The molecule has 0 saturated carbocycles. The average Bonchev–Trinajstić information content (AvgIpc) is 2.13. The molecule has 0 spiro atoms. The van der Waals surface area contributed by atoms with Crippen molar-refractivity contribution in [1.29, 1.82) is 0 Å². The van der Waals surface area contributed by atoms with Crippen LogP contribution < -0.4 is 0 Å². The van der Waals surface area contributed by atoms with E-state index in [0.29, 0.717) is 0 Å². The maximum Gasteiger partial charge on any atom is 0.124 e. The fourth-order valence-electron chi connectivity index (χ4n) is 1.94. The Morgan fingerprint density at radius 2 is 1.80 bits per heavy atom. The number of hydrogen-bond acceptors (Lipinski definition) is 5. The van der Waals surface area contributed by atoms with Crippen LogP contribution in [-0.4, -0.2) is 57.6 Å². The monoisotopic (exact) mass is 220 g/mol. The summed E-state index contributed by atoms with van der Waals surface area (Å²) in [5, 5.41) is 38.2. The summed E-state index contributed by atoms with van der Waals surface area (Å²) in [6.45, 7) is 4.92. The van der Waals surface area contributed by atoms with Crippen LogP contribution >= 0.6 is 0 Å². The van der Waals surface area contributed by atoms with E-state index in [4.69, 9.17) is 4.74 Å². The van der Waals surface area contributed by atoms with E-state index >= 15 is 0 Å². The Bertz CT molecular complexity index is 224. The maximum atomic E-state index is 9.90. The fourth-order valence-corrected chi connectivity index (χ4v) is 1.94. The first-order valence-electron chi connectivity index (χ1n) is 5.05. The first-order chi connectivity index (χ1) is 6.76. The van der Waals surface area contributed by atoms with Gasteiger partial charge in [-0.3, -0.25) is 0 Å². The van der Waals surface area contributed by atoms with Crippen molar-refractivity contribution in [2.24, 2.45) is 5.41 Å². The second kappa shape index (κ2) is 3.99. The van der Waals surface area contributed by atoms with Gasteiger partial charge in [0.15, 0.2) is 0 Å². The Morgan fingerprint density at radius 3 is 2.20 bits per heavy atom. The van der Waals surface area contributed by atoms with Crippen molar-refractivity contribution in [2.45, 2.75) is 44.7 Å². The molecule has 0 aromatic carbocycles. The molecule has 1 aliphatic rings. The van der Waals surface area contributed by atoms with Crippen LogP contribution in [0.15, 0.2) is 0 Å². The van der Waals surface area contributed by atoms with Gasteiger partial charge in [0.1, 0.15) is 23.9 Å². The van der Waals surface area contributed by atoms with Crippen LogP contribution in [0.4, 0.5) is 0 Å². The van der Waals surface area contributed by atoms with E-state index in [-0.39, 0.29) is 6.61 Å². The molecule has 5 nitrogen and oxygen atoms in total. The van der Waals surface area contributed by atoms with Crippen LogP contribution in [0.2, 0.25) is 0 Å². The average molecular weight is 220 g/mol. The van der Waals surface area contributed by atoms with E-state index in [1.54, 1.807) is 20.8 Å². The first-order valence-corrected chi connectivity index (χ1v) is 5.05. The van der Waals surface area contributed by atoms with Gasteiger partial charge in [-0.05, 0) is 5.41 Å². The summed E-state index contributed by atoms with van der Waals surface area (Å²) in [6, 6.07) is 0. The van der Waals surface area contributed by atoms with E-state index in [1.807, 2.05) is 0 Å². The lowest BCUT2D eigenvalue weighted by Crippen LogP contribution is -2.67. The second-order valence-corrected chi connectivity index (χ2v) is 5.11. The molecule has 1 unspecified atom stereocenters. The molecule has 1 rings (SSSR count). The van der Waals surface area contributed by atoms with Gasteiger partial charge >= 0.3 is 0 Å². The molecule has 4 N–H and O–H groups in total. The summed E-state index contributed by atoms with van der Waals surface area (Å²) in [7, 11) is 0. The van der Waals surface area contributed by atoms with Gasteiger partial charge in [-0.25, -0.2) is 0 Å². The summed E-state index contributed by atoms with van der Waals surface area (Å²) in [6.07, 6.45) is -3.70. The van der Waals surface area contributed by atoms with Crippen molar-refractivity contribution in [3.63, 3.8) is 0 Å². The molecule has 0 aromatic rings. The molecule has 0 aliphatic carbocycles. The third-order valence-electron chi connectivity index (χ3n) is 3.21. The largest absolute Gasteiger partial charge is 0.393 e. The highest BCUT2D eigenvalue weighted by atomic mass is 16.5. The summed E-state index contributed by atoms with van der Waals surface area (Å²) >= 11 is 0. The van der Waals surface area contributed by atoms with Crippen molar-refractivity contribution in [2.75, 3.05) is 13.2 Å². The van der Waals surface area contributed by atoms with Gasteiger partial charge in [0.05, 0.1) is 13.2 Å². The van der Waals surface area contributed by atoms with Crippen molar-refractivity contribution >= 4 is 0 Å². The lowest BCUT2D eigenvalue weighted by atomic mass is 9.70. The van der Waals surface area contributed by atoms with Gasteiger partial charge in [0.2, 0.25) is 0 Å². The number of aliphatic hydroxyl groups is 4. The van der Waals surface area contributed by atoms with Gasteiger partial charge in [0.25, 0.3) is 0 Å². The number of ether oxygens (including phenoxy) is 1. The predicted molar refractivity (Wildman–Crippen MR) is 53.2 cm³/mol. The second-order valence-electron chi connectivity index (χ2n) is 5.11. The van der Waals surface area contributed by atoms with Crippen LogP contribution in [-0.2, 0) is 4.74 Å². The lowest BCUT2D eigenvalue weighted by Gasteiger charge is -2.51. The highest BCUT2D eigenvalue weighted by molar-refractivity contribution is 5.04. The summed E-state index contributed by atoms with van der Waals surface area (Å²) in [5.74, 6) is 0. The number of rotatable bonds is 1. The van der Waals surface area contributed by atoms with Crippen LogP contribution in [0, 0.1) is 5.41 Å². The zero-order valence-corrected chi connectivity index (χ0v) is 9.34. The van der Waals surface area contributed by atoms with Crippen LogP contribution in [0.1, 0.15) is 20.8 Å². The van der Waals surface area contributed by atoms with Gasteiger partial charge in [-0.2, -0.15) is 0 Å². The molecule has 15 heavy (non-hydrogen) atoms. The van der Waals surface area contributed by atoms with Crippen LogP contribution in [0.3, 0.4) is 0 Å². The first kappa shape index (κ1) is 12.9. The quantitative estimate of drug-likeness (QED) is 0.449. The topological polar surface area (TPSA) is 90.2 Å². The molecule has 1 saturated heterocycles. The molecule has 90 valence electrons. The summed E-state index contributed by atoms with van der Waals surface area (Å²) < 4.78 is 5.36. The van der Waals surface area contributed by atoms with Crippen molar-refractivity contribution in [3.8, 4) is 0 Å². The summed E-state index contributed by atoms with van der Waals surface area (Å²) in [4.78, 5) is 0. The van der Waals surface area contributed by atoms with Crippen molar-refractivity contribution < 1.29 is 25.2 Å². The minimum atomic E-state index is -1.30. The Morgan fingerprint density at radius 1 is 1.27 bits per heavy atom. The van der Waals surface area contributed by atoms with Crippen molar-refractivity contribution in [1.82, 2.24) is 0 Å². The molecular weight excluding hydrogens is 200 g/mol. The zero-order chi connectivity index (χ0) is 11.9. The highest BCUT2D eigenvalue weighted by Gasteiger charge is 2.55. The zero-order valence-electron chi connectivity index (χ0n) is 9.34. The van der Waals surface area contributed by atoms with E-state index in [1.165, 1.54) is 0 Å². The standard InChI is InChI=1S/C10H20O5/c1-9(2,3)10(5-11)8(14)7(13)6(12)4-15-10/h6-8,11-14H,4-5H2,1-3H3/t6-,7?,8-,10-/m1/s1. The van der Waals surface area contributed by atoms with Gasteiger partial charge in [-0.1, -0.05) is 20.8 Å². The van der Waals surface area contributed by atoms with Crippen LogP contribution in [0.5, 0.6) is 0 Å². The molecule has 1 fully saturated rings. The molecule has 1 heterocycles. The van der Waals surface area contributed by atoms with Crippen molar-refractivity contribution in [3.05, 3.63) is 0 Å². The smallest absolute Gasteiger partial charge is 0.124 e. The van der Waals surface area contributed by atoms with Crippen LogP contribution in [0.25, 0.3) is 0 Å². The lowest BCUT2D eigenvalue weighted by molar-refractivity contribution is -0.279. The fraction of sp³-hybridized carbons (Fsp3) is 1.00. The Balaban J connectivity index is 3.01. The normalized spacial score (nSPS) is 43.0.